The number of nitrogens with zero attached hydrogens (tertiary/aromatic N) is 3. The van der Waals surface area contributed by atoms with Crippen LogP contribution < -0.4 is 14.8 Å². The van der Waals surface area contributed by atoms with Crippen molar-refractivity contribution in [2.45, 2.75) is 19.4 Å². The van der Waals surface area contributed by atoms with E-state index >= 15 is 0 Å². The maximum Gasteiger partial charge on any atom is 0.193 e. The summed E-state index contributed by atoms with van der Waals surface area (Å²) in [4.78, 5) is 6.45. The largest absolute Gasteiger partial charge is 0.493 e. The van der Waals surface area contributed by atoms with Gasteiger partial charge in [0.15, 0.2) is 17.5 Å². The Kier molecular flexibility index (Phi) is 10.5. The van der Waals surface area contributed by atoms with Crippen molar-refractivity contribution >= 4 is 41.5 Å². The van der Waals surface area contributed by atoms with E-state index in [2.05, 4.69) is 21.3 Å². The number of hydrogen-bond acceptors (Lipinski definition) is 3. The predicted octanol–water partition coefficient (Wildman–Crippen LogP) is 3.95. The first-order chi connectivity index (χ1) is 13.0. The molecule has 156 valence electrons. The highest BCUT2D eigenvalue weighted by atomic mass is 127. The smallest absolute Gasteiger partial charge is 0.193 e. The molecule has 1 aromatic heterocycles. The van der Waals surface area contributed by atoms with Crippen LogP contribution >= 0.6 is 35.6 Å². The normalized spacial score (nSPS) is 11.0. The van der Waals surface area contributed by atoms with Crippen molar-refractivity contribution in [3.05, 3.63) is 46.7 Å². The SMILES string of the molecule is CN=C(NCCCc1ccc(OC)c(OC)c1)N(C)Cc1cc(Cl)cn1C.I. The van der Waals surface area contributed by atoms with E-state index < -0.39 is 0 Å². The summed E-state index contributed by atoms with van der Waals surface area (Å²) in [7, 11) is 9.11. The summed E-state index contributed by atoms with van der Waals surface area (Å²) in [6.45, 7) is 1.57. The molecule has 1 aromatic carbocycles. The maximum atomic E-state index is 6.06. The molecule has 0 aliphatic carbocycles. The number of rotatable bonds is 8. The summed E-state index contributed by atoms with van der Waals surface area (Å²) in [5.74, 6) is 2.38. The summed E-state index contributed by atoms with van der Waals surface area (Å²) >= 11 is 6.06. The molecule has 0 radical (unpaired) electrons. The fraction of sp³-hybridized carbons (Fsp3) is 0.450. The van der Waals surface area contributed by atoms with Crippen LogP contribution in [0, 0.1) is 0 Å². The molecule has 28 heavy (non-hydrogen) atoms. The number of benzene rings is 1. The molecule has 0 unspecified atom stereocenters. The zero-order chi connectivity index (χ0) is 19.8. The van der Waals surface area contributed by atoms with E-state index in [9.17, 15) is 0 Å². The second kappa shape index (κ2) is 12.1. The molecule has 0 aliphatic rings. The van der Waals surface area contributed by atoms with Crippen molar-refractivity contribution in [2.24, 2.45) is 12.0 Å². The van der Waals surface area contributed by atoms with Gasteiger partial charge >= 0.3 is 0 Å². The van der Waals surface area contributed by atoms with Gasteiger partial charge in [-0.05, 0) is 36.6 Å². The first-order valence-corrected chi connectivity index (χ1v) is 9.29. The van der Waals surface area contributed by atoms with E-state index in [4.69, 9.17) is 21.1 Å². The quantitative estimate of drug-likeness (QED) is 0.248. The minimum absolute atomic E-state index is 0. The van der Waals surface area contributed by atoms with E-state index in [1.807, 2.05) is 43.1 Å². The minimum atomic E-state index is 0. The number of halogens is 2. The number of ether oxygens (including phenoxy) is 2. The van der Waals surface area contributed by atoms with Gasteiger partial charge in [0, 0.05) is 39.6 Å². The van der Waals surface area contributed by atoms with Crippen molar-refractivity contribution in [3.8, 4) is 11.5 Å². The Morgan fingerprint density at radius 2 is 1.93 bits per heavy atom. The molecule has 0 spiro atoms. The summed E-state index contributed by atoms with van der Waals surface area (Å²) in [5, 5.41) is 4.16. The maximum absolute atomic E-state index is 6.06. The molecule has 1 N–H and O–H groups in total. The van der Waals surface area contributed by atoms with Crippen molar-refractivity contribution < 1.29 is 9.47 Å². The third kappa shape index (κ3) is 6.77. The molecule has 0 fully saturated rings. The number of guanidine groups is 1. The molecule has 2 rings (SSSR count). The molecule has 0 saturated heterocycles. The lowest BCUT2D eigenvalue weighted by atomic mass is 10.1. The lowest BCUT2D eigenvalue weighted by Gasteiger charge is -2.22. The third-order valence-electron chi connectivity index (χ3n) is 4.42. The van der Waals surface area contributed by atoms with Gasteiger partial charge < -0.3 is 24.3 Å². The minimum Gasteiger partial charge on any atom is -0.493 e. The van der Waals surface area contributed by atoms with Crippen molar-refractivity contribution in [1.29, 1.82) is 0 Å². The predicted molar refractivity (Wildman–Crippen MR) is 127 cm³/mol. The van der Waals surface area contributed by atoms with Crippen LogP contribution in [0.25, 0.3) is 0 Å². The van der Waals surface area contributed by atoms with Crippen LogP contribution in [0.5, 0.6) is 11.5 Å². The first-order valence-electron chi connectivity index (χ1n) is 8.92. The Hall–Kier alpha value is -1.61. The van der Waals surface area contributed by atoms with E-state index in [0.717, 1.165) is 54.1 Å². The van der Waals surface area contributed by atoms with Crippen LogP contribution in [0.15, 0.2) is 35.5 Å². The Morgan fingerprint density at radius 1 is 1.21 bits per heavy atom. The van der Waals surface area contributed by atoms with Gasteiger partial charge in [-0.15, -0.1) is 24.0 Å². The number of methoxy groups -OCH3 is 2. The monoisotopic (exact) mass is 520 g/mol. The van der Waals surface area contributed by atoms with Crippen molar-refractivity contribution in [3.63, 3.8) is 0 Å². The van der Waals surface area contributed by atoms with Gasteiger partial charge in [-0.1, -0.05) is 17.7 Å². The first kappa shape index (κ1) is 24.4. The van der Waals surface area contributed by atoms with Crippen LogP contribution in [0.1, 0.15) is 17.7 Å². The van der Waals surface area contributed by atoms with Crippen molar-refractivity contribution in [1.82, 2.24) is 14.8 Å². The molecule has 6 nitrogen and oxygen atoms in total. The van der Waals surface area contributed by atoms with Gasteiger partial charge in [-0.25, -0.2) is 0 Å². The van der Waals surface area contributed by atoms with Gasteiger partial charge in [0.2, 0.25) is 0 Å². The number of aromatic nitrogens is 1. The average Bonchev–Trinajstić information content (AvgIpc) is 2.98. The van der Waals surface area contributed by atoms with Gasteiger partial charge in [-0.3, -0.25) is 4.99 Å². The van der Waals surface area contributed by atoms with E-state index in [1.54, 1.807) is 21.3 Å². The number of nitrogens with one attached hydrogen (secondary N) is 1. The van der Waals surface area contributed by atoms with Gasteiger partial charge in [0.25, 0.3) is 0 Å². The molecule has 0 aliphatic heterocycles. The van der Waals surface area contributed by atoms with E-state index in [0.29, 0.717) is 0 Å². The topological polar surface area (TPSA) is 51.0 Å². The van der Waals surface area contributed by atoms with Gasteiger partial charge in [0.05, 0.1) is 25.8 Å². The lowest BCUT2D eigenvalue weighted by molar-refractivity contribution is 0.354. The second-order valence-electron chi connectivity index (χ2n) is 6.38. The van der Waals surface area contributed by atoms with Crippen LogP contribution in [-0.2, 0) is 20.0 Å². The second-order valence-corrected chi connectivity index (χ2v) is 6.82. The zero-order valence-corrected chi connectivity index (χ0v) is 20.2. The van der Waals surface area contributed by atoms with Gasteiger partial charge in [0.1, 0.15) is 0 Å². The molecule has 1 heterocycles. The summed E-state index contributed by atoms with van der Waals surface area (Å²) < 4.78 is 12.7. The van der Waals surface area contributed by atoms with Crippen LogP contribution in [0.4, 0.5) is 0 Å². The molecular formula is C20H30ClIN4O2. The third-order valence-corrected chi connectivity index (χ3v) is 4.63. The van der Waals surface area contributed by atoms with E-state index in [-0.39, 0.29) is 24.0 Å². The standard InChI is InChI=1S/C20H29ClN4O2.HI/c1-22-20(25(3)14-17-12-16(21)13-24(17)2)23-10-6-7-15-8-9-18(26-4)19(11-15)27-5;/h8-9,11-13H,6-7,10,14H2,1-5H3,(H,22,23);1H. The summed E-state index contributed by atoms with van der Waals surface area (Å²) in [5.41, 5.74) is 2.35. The number of aliphatic imine (C=N–C) groups is 1. The van der Waals surface area contributed by atoms with Crippen molar-refractivity contribution in [2.75, 3.05) is 34.9 Å². The van der Waals surface area contributed by atoms with Crippen LogP contribution in [0.2, 0.25) is 5.02 Å². The molecule has 0 saturated carbocycles. The Labute approximate surface area is 189 Å². The zero-order valence-electron chi connectivity index (χ0n) is 17.2. The highest BCUT2D eigenvalue weighted by Crippen LogP contribution is 2.27. The fourth-order valence-corrected chi connectivity index (χ4v) is 3.23. The van der Waals surface area contributed by atoms with Gasteiger partial charge in [-0.2, -0.15) is 0 Å². The van der Waals surface area contributed by atoms with Crippen LogP contribution in [0.3, 0.4) is 0 Å². The van der Waals surface area contributed by atoms with Crippen LogP contribution in [-0.4, -0.2) is 50.3 Å². The Balaban J connectivity index is 0.00000392. The molecule has 0 atom stereocenters. The number of aryl methyl sites for hydroxylation is 2. The molecule has 8 heteroatoms. The highest BCUT2D eigenvalue weighted by Gasteiger charge is 2.10. The number of hydrogen-bond donors (Lipinski definition) is 1. The highest BCUT2D eigenvalue weighted by molar-refractivity contribution is 14.0. The lowest BCUT2D eigenvalue weighted by Crippen LogP contribution is -2.39. The Morgan fingerprint density at radius 3 is 2.50 bits per heavy atom. The average molecular weight is 521 g/mol. The molecular weight excluding hydrogens is 491 g/mol. The fourth-order valence-electron chi connectivity index (χ4n) is 2.95. The Bertz CT molecular complexity index is 780. The summed E-state index contributed by atoms with van der Waals surface area (Å²) in [6, 6.07) is 8.02. The van der Waals surface area contributed by atoms with E-state index in [1.165, 1.54) is 5.56 Å². The molecule has 0 amide bonds. The summed E-state index contributed by atoms with van der Waals surface area (Å²) in [6.07, 6.45) is 3.84. The molecule has 0 bridgehead atoms. The molecule has 2 aromatic rings.